The summed E-state index contributed by atoms with van der Waals surface area (Å²) in [5.74, 6) is -20.6. The van der Waals surface area contributed by atoms with Gasteiger partial charge in [0.2, 0.25) is 0 Å². The van der Waals surface area contributed by atoms with Gasteiger partial charge in [0.05, 0.1) is 52.2 Å². The number of halogens is 10. The van der Waals surface area contributed by atoms with Crippen LogP contribution in [0, 0.1) is 80.0 Å². The van der Waals surface area contributed by atoms with Crippen molar-refractivity contribution >= 4 is 96.1 Å². The number of fused-ring (bicyclic) bond motifs is 3. The van der Waals surface area contributed by atoms with E-state index >= 15 is 0 Å². The molecule has 11 rings (SSSR count). The van der Waals surface area contributed by atoms with E-state index in [1.54, 1.807) is 12.1 Å². The van der Waals surface area contributed by atoms with Gasteiger partial charge in [0.25, 0.3) is 0 Å². The summed E-state index contributed by atoms with van der Waals surface area (Å²) in [5.41, 5.74) is 79.3. The highest BCUT2D eigenvalue weighted by atomic mass is 79.9. The number of aromatic carboxylic acids is 2. The number of hydrogen-bond acceptors (Lipinski definition) is 15. The smallest absolute Gasteiger partial charge is 0.339 e. The summed E-state index contributed by atoms with van der Waals surface area (Å²) >= 11 is 3.13. The largest absolute Gasteiger partial charge is 0.496 e. The number of rotatable bonds is 6. The number of nitrogens with two attached hydrogens (primary N) is 12. The van der Waals surface area contributed by atoms with Gasteiger partial charge in [-0.25, -0.2) is 49.1 Å². The minimum absolute atomic E-state index is 0.0463. The molecule has 0 unspecified atom stereocenters. The minimum atomic E-state index is -2.32. The quantitative estimate of drug-likeness (QED) is 0.0418. The van der Waals surface area contributed by atoms with Crippen molar-refractivity contribution in [3.8, 4) is 50.3 Å². The maximum atomic E-state index is 13.6. The number of aryl methyl sites for hydroxylation is 4. The zero-order valence-electron chi connectivity index (χ0n) is 51.2. The Morgan fingerprint density at radius 1 is 0.389 bits per heavy atom. The molecule has 0 fully saturated rings. The summed E-state index contributed by atoms with van der Waals surface area (Å²) in [6.45, 7) is 8.18. The topological polar surface area (TPSA) is 396 Å². The number of carboxylic acid groups (broad SMARTS) is 2. The number of benzene rings is 10. The maximum Gasteiger partial charge on any atom is 0.339 e. The van der Waals surface area contributed by atoms with Crippen molar-refractivity contribution in [2.75, 3.05) is 75.9 Å². The molecule has 1 aliphatic carbocycles. The Balaban J connectivity index is 0.000000183. The molecule has 10 aromatic carbocycles. The van der Waals surface area contributed by atoms with E-state index in [0.717, 1.165) is 68.6 Å². The first-order chi connectivity index (χ1) is 44.5. The van der Waals surface area contributed by atoms with Crippen molar-refractivity contribution in [3.05, 3.63) is 229 Å². The molecule has 0 saturated carbocycles. The van der Waals surface area contributed by atoms with Crippen molar-refractivity contribution in [2.24, 2.45) is 0 Å². The molecule has 0 aliphatic heterocycles. The minimum Gasteiger partial charge on any atom is -0.496 e. The highest BCUT2D eigenvalue weighted by molar-refractivity contribution is 9.10. The molecule has 27 heteroatoms. The van der Waals surface area contributed by atoms with Crippen LogP contribution in [-0.4, -0.2) is 29.3 Å². The lowest BCUT2D eigenvalue weighted by atomic mass is 9.95. The van der Waals surface area contributed by atoms with Crippen molar-refractivity contribution < 1.29 is 64.1 Å². The number of methoxy groups -OCH3 is 1. The van der Waals surface area contributed by atoms with E-state index in [2.05, 4.69) is 52.3 Å². The monoisotopic (exact) mass is 1380 g/mol. The average molecular weight is 1380 g/mol. The zero-order chi connectivity index (χ0) is 70.9. The Kier molecular flexibility index (Phi) is 23.0. The molecule has 496 valence electrons. The highest BCUT2D eigenvalue weighted by Gasteiger charge is 2.33. The predicted octanol–water partition coefficient (Wildman–Crippen LogP) is 14.3. The Morgan fingerprint density at radius 3 is 1.08 bits per heavy atom. The molecule has 0 heterocycles. The first-order valence-electron chi connectivity index (χ1n) is 27.7. The second-order valence-electron chi connectivity index (χ2n) is 21.3. The number of anilines is 12. The normalized spacial score (nSPS) is 10.7. The summed E-state index contributed by atoms with van der Waals surface area (Å²) in [7, 11) is 1.40. The van der Waals surface area contributed by atoms with Gasteiger partial charge in [-0.05, 0) is 214 Å². The number of nitrogen functional groups attached to an aromatic ring is 12. The summed E-state index contributed by atoms with van der Waals surface area (Å²) in [5, 5.41) is 17.2. The third-order valence-electron chi connectivity index (χ3n) is 14.6. The van der Waals surface area contributed by atoms with Crippen molar-refractivity contribution in [1.29, 1.82) is 0 Å². The lowest BCUT2D eigenvalue weighted by Crippen LogP contribution is -2.10. The molecule has 0 bridgehead atoms. The van der Waals surface area contributed by atoms with Gasteiger partial charge in [0, 0.05) is 39.0 Å². The summed E-state index contributed by atoms with van der Waals surface area (Å²) in [6, 6.07) is 37.9. The molecule has 1 aliphatic rings. The van der Waals surface area contributed by atoms with E-state index in [1.165, 1.54) is 64.8 Å². The standard InChI is InChI=1S/C16H20N2.C13H12N2.C12H4F8N2.C12H14N4.C8H8BrNO3.C7H6FNO2/c1-9-5-13(6-10(2)15(9)17)14-7-11(3)16(18)12(4)8-14;14-10-1-3-12-8(6-10)5-9-7-11(15)2-4-13(9)12;13-3-1(4(14)8(18)11(21)7(3)17)2-5(15)9(19)12(22)10(20)6(2)16;13-9-3-1-7(5-11(9)15)8-2-4-10(14)12(16)6-8;1-13-7-3-6(10)5(9)2-4(7)8(11)12;8-5-3-4(7(10)11)1-2-6(5)9/h5-8H,17-18H2,1-4H3;1-4,6-7H,5,14-15H2;21-22H2;1-6H,13-16H2;2-3H,10H2,1H3,(H,11,12);1-3H,9H2,(H,10,11). The molecule has 10 aromatic rings. The fraction of sp³-hybridized carbons (Fsp3) is 0.0882. The van der Waals surface area contributed by atoms with Crippen molar-refractivity contribution in [3.63, 3.8) is 0 Å². The fourth-order valence-electron chi connectivity index (χ4n) is 9.34. The van der Waals surface area contributed by atoms with E-state index < -0.39 is 86.8 Å². The number of hydrogen-bond donors (Lipinski definition) is 14. The van der Waals surface area contributed by atoms with Crippen LogP contribution in [0.25, 0.3) is 44.5 Å². The van der Waals surface area contributed by atoms with Crippen molar-refractivity contribution in [2.45, 2.75) is 34.1 Å². The third-order valence-corrected chi connectivity index (χ3v) is 15.3. The molecule has 95 heavy (non-hydrogen) atoms. The van der Waals surface area contributed by atoms with Crippen LogP contribution in [0.2, 0.25) is 0 Å². The Morgan fingerprint density at radius 2 is 0.758 bits per heavy atom. The molecule has 0 radical (unpaired) electrons. The molecule has 0 spiro atoms. The van der Waals surface area contributed by atoms with E-state index in [1.807, 2.05) is 76.2 Å². The Bertz CT molecular complexity index is 4310. The van der Waals surface area contributed by atoms with E-state index in [-0.39, 0.29) is 22.6 Å². The summed E-state index contributed by atoms with van der Waals surface area (Å²) in [6.07, 6.45) is 0.945. The second kappa shape index (κ2) is 30.2. The van der Waals surface area contributed by atoms with E-state index in [9.17, 15) is 49.1 Å². The molecular weight excluding hydrogens is 1320 g/mol. The van der Waals surface area contributed by atoms with Gasteiger partial charge in [0.1, 0.15) is 28.5 Å². The predicted molar refractivity (Wildman–Crippen MR) is 363 cm³/mol. The van der Waals surface area contributed by atoms with Crippen LogP contribution < -0.4 is 73.5 Å². The number of carboxylic acids is 2. The third kappa shape index (κ3) is 16.5. The second-order valence-corrected chi connectivity index (χ2v) is 22.1. The zero-order valence-corrected chi connectivity index (χ0v) is 52.7. The van der Waals surface area contributed by atoms with Gasteiger partial charge in [-0.15, -0.1) is 0 Å². The van der Waals surface area contributed by atoms with Gasteiger partial charge in [-0.3, -0.25) is 0 Å². The van der Waals surface area contributed by atoms with Crippen LogP contribution in [0.1, 0.15) is 54.1 Å². The average Bonchev–Trinajstić information content (AvgIpc) is 1.18. The van der Waals surface area contributed by atoms with Crippen LogP contribution in [0.15, 0.2) is 132 Å². The molecule has 17 nitrogen and oxygen atoms in total. The Labute approximate surface area is 546 Å². The van der Waals surface area contributed by atoms with Gasteiger partial charge in [0.15, 0.2) is 46.5 Å². The number of carbonyl (C=O) groups is 2. The van der Waals surface area contributed by atoms with Gasteiger partial charge in [-0.2, -0.15) is 0 Å². The van der Waals surface area contributed by atoms with Gasteiger partial charge < -0.3 is 83.8 Å². The molecule has 0 amide bonds. The SMILES string of the molecule is COc1cc(N)c(Br)cc1C(=O)O.Cc1cc(-c2cc(C)c(N)c(C)c2)cc(C)c1N.Nc1c(F)c(F)c(-c2c(F)c(F)c(N)c(F)c2F)c(F)c1F.Nc1ccc(-c2ccc(N)c(N)c2)cc1N.Nc1ccc(C(=O)O)cc1F.Nc1ccc2c(c1)Cc1cc(N)ccc1-2. The molecule has 0 aromatic heterocycles. The molecular formula is C68H64BrF9N12O5. The van der Waals surface area contributed by atoms with Crippen LogP contribution in [-0.2, 0) is 6.42 Å². The van der Waals surface area contributed by atoms with Crippen molar-refractivity contribution in [1.82, 2.24) is 0 Å². The first-order valence-corrected chi connectivity index (χ1v) is 28.5. The summed E-state index contributed by atoms with van der Waals surface area (Å²) in [4.78, 5) is 21.0. The van der Waals surface area contributed by atoms with E-state index in [0.29, 0.717) is 32.9 Å². The lowest BCUT2D eigenvalue weighted by molar-refractivity contribution is 0.0684. The van der Waals surface area contributed by atoms with Crippen LogP contribution in [0.4, 0.5) is 108 Å². The molecule has 0 atom stereocenters. The van der Waals surface area contributed by atoms with Crippen LogP contribution in [0.3, 0.4) is 0 Å². The van der Waals surface area contributed by atoms with E-state index in [4.69, 9.17) is 83.8 Å². The molecule has 26 N–H and O–H groups in total. The van der Waals surface area contributed by atoms with Crippen LogP contribution >= 0.6 is 15.9 Å². The van der Waals surface area contributed by atoms with Gasteiger partial charge in [-0.1, -0.05) is 24.3 Å². The maximum absolute atomic E-state index is 13.6. The van der Waals surface area contributed by atoms with Crippen LogP contribution in [0.5, 0.6) is 5.75 Å². The first kappa shape index (κ1) is 72.5. The van der Waals surface area contributed by atoms with Gasteiger partial charge >= 0.3 is 11.9 Å². The lowest BCUT2D eigenvalue weighted by Gasteiger charge is -2.13. The summed E-state index contributed by atoms with van der Waals surface area (Å²) < 4.78 is 126. The fourth-order valence-corrected chi connectivity index (χ4v) is 9.69. The Hall–Kier alpha value is -11.6. The highest BCUT2D eigenvalue weighted by Crippen LogP contribution is 2.41. The number of ether oxygens (including phenoxy) is 1. The molecule has 0 saturated heterocycles.